The number of rotatable bonds is 2. The van der Waals surface area contributed by atoms with Crippen LogP contribution in [0.4, 0.5) is 0 Å². The third kappa shape index (κ3) is 2.32. The summed E-state index contributed by atoms with van der Waals surface area (Å²) in [5, 5.41) is 4.18. The average molecular weight is 206 g/mol. The number of hydrogen-bond acceptors (Lipinski definition) is 3. The Bertz CT molecular complexity index is 408. The Labute approximate surface area is 90.4 Å². The van der Waals surface area contributed by atoms with Crippen LogP contribution in [0.2, 0.25) is 0 Å². The summed E-state index contributed by atoms with van der Waals surface area (Å²) in [7, 11) is 0. The molecule has 0 fully saturated rings. The van der Waals surface area contributed by atoms with Crippen molar-refractivity contribution in [2.75, 3.05) is 0 Å². The van der Waals surface area contributed by atoms with Gasteiger partial charge in [0.2, 0.25) is 0 Å². The van der Waals surface area contributed by atoms with Crippen molar-refractivity contribution in [3.63, 3.8) is 0 Å². The van der Waals surface area contributed by atoms with Gasteiger partial charge in [-0.25, -0.2) is 14.5 Å². The predicted molar refractivity (Wildman–Crippen MR) is 60.8 cm³/mol. The minimum absolute atomic E-state index is 0.507. The largest absolute Gasteiger partial charge is 0.225 e. The third-order valence-corrected chi connectivity index (χ3v) is 2.36. The van der Waals surface area contributed by atoms with Gasteiger partial charge in [0.1, 0.15) is 12.7 Å². The van der Waals surface area contributed by atoms with E-state index in [0.29, 0.717) is 5.92 Å². The summed E-state index contributed by atoms with van der Waals surface area (Å²) in [5.41, 5.74) is 2.12. The fourth-order valence-corrected chi connectivity index (χ4v) is 1.34. The Morgan fingerprint density at radius 2 is 2.13 bits per heavy atom. The topological polar surface area (TPSA) is 43.1 Å². The van der Waals surface area contributed by atoms with Crippen molar-refractivity contribution >= 4 is 5.65 Å². The highest BCUT2D eigenvalue weighted by atomic mass is 15.3. The minimum Gasteiger partial charge on any atom is -0.225 e. The second-order valence-corrected chi connectivity index (χ2v) is 3.19. The lowest BCUT2D eigenvalue weighted by Crippen LogP contribution is -1.94. The van der Waals surface area contributed by atoms with Gasteiger partial charge in [-0.3, -0.25) is 0 Å². The van der Waals surface area contributed by atoms with E-state index in [-0.39, 0.29) is 0 Å². The van der Waals surface area contributed by atoms with E-state index < -0.39 is 0 Å². The van der Waals surface area contributed by atoms with Gasteiger partial charge >= 0.3 is 0 Å². The molecule has 0 radical (unpaired) electrons. The van der Waals surface area contributed by atoms with E-state index in [1.54, 1.807) is 17.2 Å². The summed E-state index contributed by atoms with van der Waals surface area (Å²) >= 11 is 0. The molecular formula is C11H18N4. The molecule has 0 spiro atoms. The lowest BCUT2D eigenvalue weighted by atomic mass is 10.0. The smallest absolute Gasteiger partial charge is 0.161 e. The van der Waals surface area contributed by atoms with E-state index in [2.05, 4.69) is 28.9 Å². The normalized spacial score (nSPS) is 12.0. The maximum Gasteiger partial charge on any atom is 0.161 e. The van der Waals surface area contributed by atoms with Gasteiger partial charge in [-0.1, -0.05) is 27.7 Å². The first-order valence-electron chi connectivity index (χ1n) is 5.46. The Hall–Kier alpha value is -1.45. The van der Waals surface area contributed by atoms with Gasteiger partial charge in [0, 0.05) is 5.56 Å². The molecule has 4 heteroatoms. The highest BCUT2D eigenvalue weighted by Crippen LogP contribution is 2.20. The van der Waals surface area contributed by atoms with Crippen LogP contribution in [0, 0.1) is 0 Å². The molecule has 1 atom stereocenters. The fourth-order valence-electron chi connectivity index (χ4n) is 1.34. The molecular weight excluding hydrogens is 188 g/mol. The molecule has 2 rings (SSSR count). The molecule has 2 heterocycles. The number of nitrogens with zero attached hydrogens (tertiary/aromatic N) is 4. The van der Waals surface area contributed by atoms with Crippen LogP contribution in [0.3, 0.4) is 0 Å². The maximum atomic E-state index is 4.20. The van der Waals surface area contributed by atoms with E-state index in [1.165, 1.54) is 5.56 Å². The van der Waals surface area contributed by atoms with E-state index in [1.807, 2.05) is 20.0 Å². The van der Waals surface area contributed by atoms with Gasteiger partial charge in [0.05, 0.1) is 6.20 Å². The van der Waals surface area contributed by atoms with Crippen LogP contribution in [0.5, 0.6) is 0 Å². The summed E-state index contributed by atoms with van der Waals surface area (Å²) in [4.78, 5) is 8.10. The summed E-state index contributed by atoms with van der Waals surface area (Å²) in [6.07, 6.45) is 6.21. The van der Waals surface area contributed by atoms with Gasteiger partial charge in [0.25, 0.3) is 0 Å². The van der Waals surface area contributed by atoms with Gasteiger partial charge < -0.3 is 0 Å². The van der Waals surface area contributed by atoms with Crippen molar-refractivity contribution in [3.8, 4) is 0 Å². The Kier molecular flexibility index (Phi) is 4.21. The van der Waals surface area contributed by atoms with Gasteiger partial charge in [-0.05, 0) is 12.3 Å². The first-order chi connectivity index (χ1) is 7.33. The number of aromatic nitrogens is 4. The summed E-state index contributed by atoms with van der Waals surface area (Å²) in [6.45, 7) is 8.34. The minimum atomic E-state index is 0.507. The third-order valence-electron chi connectivity index (χ3n) is 2.36. The molecule has 4 nitrogen and oxygen atoms in total. The molecule has 0 saturated carbocycles. The molecule has 15 heavy (non-hydrogen) atoms. The molecule has 0 aromatic carbocycles. The van der Waals surface area contributed by atoms with Crippen molar-refractivity contribution in [3.05, 3.63) is 24.4 Å². The molecule has 0 bridgehead atoms. The van der Waals surface area contributed by atoms with Crippen LogP contribution >= 0.6 is 0 Å². The van der Waals surface area contributed by atoms with E-state index >= 15 is 0 Å². The van der Waals surface area contributed by atoms with Crippen molar-refractivity contribution in [1.29, 1.82) is 0 Å². The van der Waals surface area contributed by atoms with Crippen LogP contribution in [-0.2, 0) is 0 Å². The molecule has 1 unspecified atom stereocenters. The molecule has 82 valence electrons. The lowest BCUT2D eigenvalue weighted by Gasteiger charge is -2.04. The van der Waals surface area contributed by atoms with Crippen molar-refractivity contribution in [2.24, 2.45) is 0 Å². The molecule has 0 aliphatic carbocycles. The number of hydrogen-bond donors (Lipinski definition) is 0. The molecule has 2 aromatic heterocycles. The monoisotopic (exact) mass is 206 g/mol. The SMILES string of the molecule is CC.CCC(C)c1cnn2cncnc12. The standard InChI is InChI=1S/C9H12N4.C2H6/c1-3-7(2)8-4-12-13-6-10-5-11-9(8)13;1-2/h4-7H,3H2,1-2H3;1-2H3. The summed E-state index contributed by atoms with van der Waals surface area (Å²) in [5.74, 6) is 0.507. The quantitative estimate of drug-likeness (QED) is 0.758. The summed E-state index contributed by atoms with van der Waals surface area (Å²) in [6, 6.07) is 0. The molecule has 0 N–H and O–H groups in total. The Morgan fingerprint density at radius 1 is 1.40 bits per heavy atom. The Balaban J connectivity index is 0.000000531. The zero-order chi connectivity index (χ0) is 11.3. The lowest BCUT2D eigenvalue weighted by molar-refractivity contribution is 0.737. The summed E-state index contributed by atoms with van der Waals surface area (Å²) < 4.78 is 1.71. The van der Waals surface area contributed by atoms with Crippen LogP contribution < -0.4 is 0 Å². The van der Waals surface area contributed by atoms with Crippen LogP contribution in [0.25, 0.3) is 5.65 Å². The average Bonchev–Trinajstić information content (AvgIpc) is 2.74. The van der Waals surface area contributed by atoms with Crippen LogP contribution in [0.15, 0.2) is 18.9 Å². The zero-order valence-corrected chi connectivity index (χ0v) is 9.81. The fraction of sp³-hybridized carbons (Fsp3) is 0.545. The molecule has 0 amide bonds. The maximum absolute atomic E-state index is 4.20. The molecule has 0 aliphatic heterocycles. The van der Waals surface area contributed by atoms with Crippen LogP contribution in [-0.4, -0.2) is 19.6 Å². The van der Waals surface area contributed by atoms with Gasteiger partial charge in [-0.2, -0.15) is 5.10 Å². The number of fused-ring (bicyclic) bond motifs is 1. The first-order valence-corrected chi connectivity index (χ1v) is 5.46. The predicted octanol–water partition coefficient (Wildman–Crippen LogP) is 2.66. The second-order valence-electron chi connectivity index (χ2n) is 3.19. The second kappa shape index (κ2) is 5.44. The van der Waals surface area contributed by atoms with Gasteiger partial charge in [-0.15, -0.1) is 0 Å². The zero-order valence-electron chi connectivity index (χ0n) is 9.81. The van der Waals surface area contributed by atoms with Crippen LogP contribution in [0.1, 0.15) is 45.6 Å². The van der Waals surface area contributed by atoms with Crippen molar-refractivity contribution in [1.82, 2.24) is 19.6 Å². The van der Waals surface area contributed by atoms with Crippen molar-refractivity contribution < 1.29 is 0 Å². The van der Waals surface area contributed by atoms with E-state index in [9.17, 15) is 0 Å². The van der Waals surface area contributed by atoms with E-state index in [0.717, 1.165) is 12.1 Å². The highest BCUT2D eigenvalue weighted by molar-refractivity contribution is 5.46. The highest BCUT2D eigenvalue weighted by Gasteiger charge is 2.10. The molecule has 2 aromatic rings. The van der Waals surface area contributed by atoms with Gasteiger partial charge in [0.15, 0.2) is 5.65 Å². The van der Waals surface area contributed by atoms with Crippen molar-refractivity contribution in [2.45, 2.75) is 40.0 Å². The Morgan fingerprint density at radius 3 is 2.80 bits per heavy atom. The molecule has 0 aliphatic rings. The molecule has 0 saturated heterocycles. The van der Waals surface area contributed by atoms with E-state index in [4.69, 9.17) is 0 Å². The first kappa shape index (κ1) is 11.6.